The zero-order valence-corrected chi connectivity index (χ0v) is 18.4. The summed E-state index contributed by atoms with van der Waals surface area (Å²) < 4.78 is 38.3. The molecule has 0 aromatic heterocycles. The quantitative estimate of drug-likeness (QED) is 0.513. The minimum Gasteiger partial charge on any atom is -0.486 e. The van der Waals surface area contributed by atoms with Gasteiger partial charge in [0.05, 0.1) is 9.82 Å². The van der Waals surface area contributed by atoms with Gasteiger partial charge in [-0.1, -0.05) is 11.6 Å². The molecule has 1 fully saturated rings. The maximum absolute atomic E-state index is 13.0. The Balaban J connectivity index is 1.40. The monoisotopic (exact) mass is 481 g/mol. The van der Waals surface area contributed by atoms with Gasteiger partial charge in [-0.3, -0.25) is 14.9 Å². The molecular formula is C20H20ClN3O7S. The Morgan fingerprint density at radius 1 is 1.09 bits per heavy atom. The van der Waals surface area contributed by atoms with E-state index in [1.165, 1.54) is 34.6 Å². The van der Waals surface area contributed by atoms with Gasteiger partial charge >= 0.3 is 0 Å². The van der Waals surface area contributed by atoms with Gasteiger partial charge in [-0.15, -0.1) is 0 Å². The number of rotatable bonds is 5. The third-order valence-electron chi connectivity index (χ3n) is 5.39. The van der Waals surface area contributed by atoms with E-state index in [0.29, 0.717) is 37.6 Å². The van der Waals surface area contributed by atoms with E-state index in [1.807, 2.05) is 0 Å². The molecule has 2 heterocycles. The van der Waals surface area contributed by atoms with Gasteiger partial charge in [0.1, 0.15) is 18.2 Å². The molecule has 1 amide bonds. The number of nitrogens with zero attached hydrogens (tertiary/aromatic N) is 2. The summed E-state index contributed by atoms with van der Waals surface area (Å²) >= 11 is 5.79. The zero-order chi connectivity index (χ0) is 22.9. The first-order valence-electron chi connectivity index (χ1n) is 9.90. The molecule has 170 valence electrons. The molecular weight excluding hydrogens is 462 g/mol. The Hall–Kier alpha value is -2.89. The summed E-state index contributed by atoms with van der Waals surface area (Å²) in [7, 11) is -3.75. The van der Waals surface area contributed by atoms with Crippen molar-refractivity contribution in [3.63, 3.8) is 0 Å². The molecule has 0 aliphatic carbocycles. The maximum atomic E-state index is 13.0. The number of carbonyl (C=O) groups excluding carboxylic acids is 1. The number of benzene rings is 2. The molecule has 2 aromatic carbocycles. The highest BCUT2D eigenvalue weighted by Gasteiger charge is 2.33. The van der Waals surface area contributed by atoms with Crippen molar-refractivity contribution in [3.8, 4) is 11.5 Å². The largest absolute Gasteiger partial charge is 0.486 e. The Labute approximate surface area is 189 Å². The number of halogens is 1. The smallest absolute Gasteiger partial charge is 0.289 e. The van der Waals surface area contributed by atoms with Gasteiger partial charge in [-0.25, -0.2) is 8.42 Å². The van der Waals surface area contributed by atoms with Crippen LogP contribution in [0.25, 0.3) is 0 Å². The molecule has 2 aliphatic heterocycles. The van der Waals surface area contributed by atoms with Gasteiger partial charge in [0.25, 0.3) is 5.69 Å². The number of piperidine rings is 1. The minimum absolute atomic E-state index is 0.0225. The second-order valence-electron chi connectivity index (χ2n) is 7.40. The minimum atomic E-state index is -3.75. The first-order valence-corrected chi connectivity index (χ1v) is 11.7. The van der Waals surface area contributed by atoms with E-state index in [1.54, 1.807) is 6.07 Å². The molecule has 12 heteroatoms. The van der Waals surface area contributed by atoms with Gasteiger partial charge in [0.2, 0.25) is 15.9 Å². The molecule has 0 radical (unpaired) electrons. The van der Waals surface area contributed by atoms with Crippen LogP contribution in [-0.2, 0) is 14.8 Å². The highest BCUT2D eigenvalue weighted by Crippen LogP contribution is 2.34. The zero-order valence-electron chi connectivity index (χ0n) is 16.8. The van der Waals surface area contributed by atoms with Gasteiger partial charge in [0, 0.05) is 36.8 Å². The fourth-order valence-electron chi connectivity index (χ4n) is 3.67. The Kier molecular flexibility index (Phi) is 6.22. The lowest BCUT2D eigenvalue weighted by Gasteiger charge is -2.30. The molecule has 4 rings (SSSR count). The van der Waals surface area contributed by atoms with Crippen molar-refractivity contribution in [2.24, 2.45) is 5.92 Å². The van der Waals surface area contributed by atoms with E-state index >= 15 is 0 Å². The standard InChI is InChI=1S/C20H20ClN3O7S/c21-16-3-1-14(11-17(16)24(26)27)22-20(25)13-5-7-23(8-6-13)32(28,29)15-2-4-18-19(12-15)31-10-9-30-18/h1-4,11-13H,5-10H2,(H,22,25). The Morgan fingerprint density at radius 3 is 2.47 bits per heavy atom. The van der Waals surface area contributed by atoms with Crippen LogP contribution in [0.5, 0.6) is 11.5 Å². The molecule has 2 aliphatic rings. The number of nitro benzene ring substituents is 1. The lowest BCUT2D eigenvalue weighted by molar-refractivity contribution is -0.384. The normalized spacial score (nSPS) is 17.0. The Morgan fingerprint density at radius 2 is 1.78 bits per heavy atom. The lowest BCUT2D eigenvalue weighted by atomic mass is 9.97. The SMILES string of the molecule is O=C(Nc1ccc(Cl)c([N+](=O)[O-])c1)C1CCN(S(=O)(=O)c2ccc3c(c2)OCCO3)CC1. The van der Waals surface area contributed by atoms with Crippen molar-refractivity contribution in [2.45, 2.75) is 17.7 Å². The number of amides is 1. The van der Waals surface area contributed by atoms with Crippen LogP contribution >= 0.6 is 11.6 Å². The molecule has 0 atom stereocenters. The summed E-state index contributed by atoms with van der Waals surface area (Å²) in [5.74, 6) is 0.158. The van der Waals surface area contributed by atoms with Crippen molar-refractivity contribution in [3.05, 3.63) is 51.5 Å². The number of sulfonamides is 1. The number of anilines is 1. The predicted molar refractivity (Wildman–Crippen MR) is 116 cm³/mol. The number of hydrogen-bond acceptors (Lipinski definition) is 7. The number of carbonyl (C=O) groups is 1. The topological polar surface area (TPSA) is 128 Å². The lowest BCUT2D eigenvalue weighted by Crippen LogP contribution is -2.41. The molecule has 10 nitrogen and oxygen atoms in total. The number of hydrogen-bond donors (Lipinski definition) is 1. The first-order chi connectivity index (χ1) is 15.3. The first kappa shape index (κ1) is 22.3. The summed E-state index contributed by atoms with van der Waals surface area (Å²) in [5.41, 5.74) is -0.0396. The third kappa shape index (κ3) is 4.50. The van der Waals surface area contributed by atoms with Crippen LogP contribution in [0.15, 0.2) is 41.3 Å². The predicted octanol–water partition coefficient (Wildman–Crippen LogP) is 3.06. The summed E-state index contributed by atoms with van der Waals surface area (Å²) in [6, 6.07) is 8.53. The van der Waals surface area contributed by atoms with E-state index in [-0.39, 0.29) is 40.3 Å². The van der Waals surface area contributed by atoms with Crippen LogP contribution in [0, 0.1) is 16.0 Å². The van der Waals surface area contributed by atoms with Crippen molar-refractivity contribution < 1.29 is 27.6 Å². The van der Waals surface area contributed by atoms with E-state index in [4.69, 9.17) is 21.1 Å². The average Bonchev–Trinajstić information content (AvgIpc) is 2.79. The van der Waals surface area contributed by atoms with E-state index in [9.17, 15) is 23.3 Å². The molecule has 2 aromatic rings. The highest BCUT2D eigenvalue weighted by atomic mass is 35.5. The van der Waals surface area contributed by atoms with Crippen LogP contribution in [-0.4, -0.2) is 49.9 Å². The van der Waals surface area contributed by atoms with E-state index in [2.05, 4.69) is 5.32 Å². The molecule has 0 spiro atoms. The van der Waals surface area contributed by atoms with E-state index < -0.39 is 20.9 Å². The second kappa shape index (κ2) is 8.93. The third-order valence-corrected chi connectivity index (χ3v) is 7.60. The van der Waals surface area contributed by atoms with Crippen LogP contribution < -0.4 is 14.8 Å². The van der Waals surface area contributed by atoms with Gasteiger partial charge in [-0.2, -0.15) is 4.31 Å². The summed E-state index contributed by atoms with van der Waals surface area (Å²) in [6.45, 7) is 1.12. The van der Waals surface area contributed by atoms with Crippen molar-refractivity contribution in [1.29, 1.82) is 0 Å². The number of fused-ring (bicyclic) bond motifs is 1. The fourth-order valence-corrected chi connectivity index (χ4v) is 5.34. The van der Waals surface area contributed by atoms with Crippen molar-refractivity contribution >= 4 is 38.9 Å². The molecule has 0 bridgehead atoms. The maximum Gasteiger partial charge on any atom is 0.289 e. The van der Waals surface area contributed by atoms with Crippen LogP contribution in [0.3, 0.4) is 0 Å². The molecule has 0 saturated carbocycles. The molecule has 1 N–H and O–H groups in total. The van der Waals surface area contributed by atoms with Gasteiger partial charge in [-0.05, 0) is 37.1 Å². The number of nitrogens with one attached hydrogen (secondary N) is 1. The fraction of sp³-hybridized carbons (Fsp3) is 0.350. The second-order valence-corrected chi connectivity index (χ2v) is 9.74. The number of nitro groups is 1. The van der Waals surface area contributed by atoms with Gasteiger partial charge in [0.15, 0.2) is 11.5 Å². The molecule has 1 saturated heterocycles. The van der Waals surface area contributed by atoms with Crippen LogP contribution in [0.2, 0.25) is 5.02 Å². The van der Waals surface area contributed by atoms with E-state index in [0.717, 1.165) is 0 Å². The Bertz CT molecular complexity index is 1160. The summed E-state index contributed by atoms with van der Waals surface area (Å²) in [6.07, 6.45) is 0.649. The van der Waals surface area contributed by atoms with Crippen LogP contribution in [0.4, 0.5) is 11.4 Å². The highest BCUT2D eigenvalue weighted by molar-refractivity contribution is 7.89. The van der Waals surface area contributed by atoms with Crippen LogP contribution in [0.1, 0.15) is 12.8 Å². The molecule has 0 unspecified atom stereocenters. The van der Waals surface area contributed by atoms with Gasteiger partial charge < -0.3 is 14.8 Å². The summed E-state index contributed by atoms with van der Waals surface area (Å²) in [4.78, 5) is 23.1. The molecule has 32 heavy (non-hydrogen) atoms. The number of ether oxygens (including phenoxy) is 2. The average molecular weight is 482 g/mol. The van der Waals surface area contributed by atoms with Crippen molar-refractivity contribution in [2.75, 3.05) is 31.6 Å². The summed E-state index contributed by atoms with van der Waals surface area (Å²) in [5, 5.41) is 13.6. The van der Waals surface area contributed by atoms with Crippen molar-refractivity contribution in [1.82, 2.24) is 4.31 Å².